The third-order valence-corrected chi connectivity index (χ3v) is 4.28. The first-order chi connectivity index (χ1) is 13.1. The Kier molecular flexibility index (Phi) is 5.80. The molecule has 142 valence electrons. The maximum Gasteiger partial charge on any atom is 0.258 e. The first kappa shape index (κ1) is 18.6. The normalized spacial score (nSPS) is 16.1. The van der Waals surface area contributed by atoms with Crippen molar-refractivity contribution in [1.82, 2.24) is 5.32 Å². The third-order valence-electron chi connectivity index (χ3n) is 4.28. The molecular formula is C20H22N2O5. The van der Waals surface area contributed by atoms with Crippen molar-refractivity contribution in [2.45, 2.75) is 12.5 Å². The number of carbonyl (C=O) groups excluding carboxylic acids is 2. The largest absolute Gasteiger partial charge is 0.497 e. The number of para-hydroxylation sites is 2. The maximum atomic E-state index is 12.3. The SMILES string of the molecule is COc1cccc(N2C[C@H](NC(=O)COc3ccccc3OC)CC2=O)c1. The first-order valence-electron chi connectivity index (χ1n) is 8.60. The highest BCUT2D eigenvalue weighted by Gasteiger charge is 2.31. The van der Waals surface area contributed by atoms with Crippen molar-refractivity contribution >= 4 is 17.5 Å². The molecular weight excluding hydrogens is 348 g/mol. The molecule has 0 aromatic heterocycles. The second-order valence-electron chi connectivity index (χ2n) is 6.11. The molecule has 7 nitrogen and oxygen atoms in total. The fourth-order valence-electron chi connectivity index (χ4n) is 2.98. The second-order valence-corrected chi connectivity index (χ2v) is 6.11. The number of nitrogens with one attached hydrogen (secondary N) is 1. The summed E-state index contributed by atoms with van der Waals surface area (Å²) in [6, 6.07) is 14.1. The van der Waals surface area contributed by atoms with E-state index in [4.69, 9.17) is 14.2 Å². The molecule has 0 spiro atoms. The second kappa shape index (κ2) is 8.44. The van der Waals surface area contributed by atoms with Gasteiger partial charge in [0.05, 0.1) is 20.3 Å². The van der Waals surface area contributed by atoms with Gasteiger partial charge >= 0.3 is 0 Å². The number of anilines is 1. The van der Waals surface area contributed by atoms with Gasteiger partial charge in [0.25, 0.3) is 5.91 Å². The van der Waals surface area contributed by atoms with Gasteiger partial charge in [0, 0.05) is 24.7 Å². The van der Waals surface area contributed by atoms with E-state index in [0.29, 0.717) is 23.8 Å². The number of ether oxygens (including phenoxy) is 3. The fourth-order valence-corrected chi connectivity index (χ4v) is 2.98. The molecule has 2 aromatic carbocycles. The monoisotopic (exact) mass is 370 g/mol. The Labute approximate surface area is 157 Å². The Hall–Kier alpha value is -3.22. The number of rotatable bonds is 7. The zero-order valence-corrected chi connectivity index (χ0v) is 15.3. The average Bonchev–Trinajstić information content (AvgIpc) is 3.06. The summed E-state index contributed by atoms with van der Waals surface area (Å²) in [7, 11) is 3.12. The smallest absolute Gasteiger partial charge is 0.258 e. The summed E-state index contributed by atoms with van der Waals surface area (Å²) in [6.45, 7) is 0.261. The van der Waals surface area contributed by atoms with Crippen molar-refractivity contribution < 1.29 is 23.8 Å². The molecule has 2 amide bonds. The molecule has 1 fully saturated rings. The van der Waals surface area contributed by atoms with E-state index in [1.54, 1.807) is 43.4 Å². The van der Waals surface area contributed by atoms with Gasteiger partial charge in [0.2, 0.25) is 5.91 Å². The zero-order chi connectivity index (χ0) is 19.2. The van der Waals surface area contributed by atoms with Crippen molar-refractivity contribution in [1.29, 1.82) is 0 Å². The number of methoxy groups -OCH3 is 2. The van der Waals surface area contributed by atoms with Gasteiger partial charge in [-0.15, -0.1) is 0 Å². The number of nitrogens with zero attached hydrogens (tertiary/aromatic N) is 1. The molecule has 1 aliphatic heterocycles. The van der Waals surface area contributed by atoms with E-state index in [1.165, 1.54) is 0 Å². The number of hydrogen-bond acceptors (Lipinski definition) is 5. The van der Waals surface area contributed by atoms with E-state index in [0.717, 1.165) is 5.69 Å². The van der Waals surface area contributed by atoms with Crippen LogP contribution in [0.3, 0.4) is 0 Å². The molecule has 0 saturated carbocycles. The van der Waals surface area contributed by atoms with E-state index in [1.807, 2.05) is 24.3 Å². The maximum absolute atomic E-state index is 12.3. The van der Waals surface area contributed by atoms with Crippen LogP contribution in [0.2, 0.25) is 0 Å². The molecule has 27 heavy (non-hydrogen) atoms. The van der Waals surface area contributed by atoms with Crippen LogP contribution in [0.15, 0.2) is 48.5 Å². The van der Waals surface area contributed by atoms with Crippen LogP contribution in [-0.4, -0.2) is 45.2 Å². The van der Waals surface area contributed by atoms with Crippen LogP contribution in [-0.2, 0) is 9.59 Å². The van der Waals surface area contributed by atoms with E-state index in [2.05, 4.69) is 5.32 Å². The molecule has 2 aromatic rings. The summed E-state index contributed by atoms with van der Waals surface area (Å²) in [6.07, 6.45) is 0.248. The molecule has 3 rings (SSSR count). The molecule has 0 aliphatic carbocycles. The highest BCUT2D eigenvalue weighted by atomic mass is 16.5. The third kappa shape index (κ3) is 4.49. The molecule has 1 aliphatic rings. The lowest BCUT2D eigenvalue weighted by Crippen LogP contribution is -2.39. The Morgan fingerprint density at radius 3 is 2.63 bits per heavy atom. The van der Waals surface area contributed by atoms with Crippen LogP contribution in [0.5, 0.6) is 17.2 Å². The minimum Gasteiger partial charge on any atom is -0.497 e. The number of carbonyl (C=O) groups is 2. The van der Waals surface area contributed by atoms with Gasteiger partial charge in [-0.05, 0) is 24.3 Å². The van der Waals surface area contributed by atoms with Crippen molar-refractivity contribution in [3.05, 3.63) is 48.5 Å². The highest BCUT2D eigenvalue weighted by Crippen LogP contribution is 2.26. The van der Waals surface area contributed by atoms with Crippen LogP contribution in [0.25, 0.3) is 0 Å². The summed E-state index contributed by atoms with van der Waals surface area (Å²) < 4.78 is 15.9. The number of amides is 2. The van der Waals surface area contributed by atoms with Gasteiger partial charge in [-0.25, -0.2) is 0 Å². The number of hydrogen-bond donors (Lipinski definition) is 1. The lowest BCUT2D eigenvalue weighted by atomic mass is 10.2. The minimum atomic E-state index is -0.286. The predicted octanol–water partition coefficient (Wildman–Crippen LogP) is 2.00. The Morgan fingerprint density at radius 1 is 1.11 bits per heavy atom. The van der Waals surface area contributed by atoms with Crippen LogP contribution in [0.1, 0.15) is 6.42 Å². The van der Waals surface area contributed by atoms with Gasteiger partial charge in [-0.2, -0.15) is 0 Å². The standard InChI is InChI=1S/C20H22N2O5/c1-25-16-7-5-6-15(11-16)22-12-14(10-20(22)24)21-19(23)13-27-18-9-4-3-8-17(18)26-2/h3-9,11,14H,10,12-13H2,1-2H3,(H,21,23)/t14-/m1/s1. The fraction of sp³-hybridized carbons (Fsp3) is 0.300. The van der Waals surface area contributed by atoms with E-state index < -0.39 is 0 Å². The topological polar surface area (TPSA) is 77.1 Å². The molecule has 0 bridgehead atoms. The van der Waals surface area contributed by atoms with Crippen LogP contribution in [0.4, 0.5) is 5.69 Å². The van der Waals surface area contributed by atoms with Crippen LogP contribution >= 0.6 is 0 Å². The van der Waals surface area contributed by atoms with Crippen LogP contribution < -0.4 is 24.4 Å². The zero-order valence-electron chi connectivity index (χ0n) is 15.3. The van der Waals surface area contributed by atoms with Gasteiger partial charge in [0.15, 0.2) is 18.1 Å². The quantitative estimate of drug-likeness (QED) is 0.807. The predicted molar refractivity (Wildman–Crippen MR) is 100 cm³/mol. The highest BCUT2D eigenvalue weighted by molar-refractivity contribution is 5.97. The van der Waals surface area contributed by atoms with E-state index in [9.17, 15) is 9.59 Å². The molecule has 0 radical (unpaired) electrons. The lowest BCUT2D eigenvalue weighted by molar-refractivity contribution is -0.123. The van der Waals surface area contributed by atoms with E-state index in [-0.39, 0.29) is 30.9 Å². The van der Waals surface area contributed by atoms with Crippen molar-refractivity contribution in [3.8, 4) is 17.2 Å². The molecule has 0 unspecified atom stereocenters. The van der Waals surface area contributed by atoms with Crippen molar-refractivity contribution in [2.24, 2.45) is 0 Å². The molecule has 7 heteroatoms. The summed E-state index contributed by atoms with van der Waals surface area (Å²) in [5.41, 5.74) is 0.751. The lowest BCUT2D eigenvalue weighted by Gasteiger charge is -2.18. The Bertz CT molecular complexity index is 824. The van der Waals surface area contributed by atoms with Gasteiger partial charge in [-0.3, -0.25) is 9.59 Å². The van der Waals surface area contributed by atoms with Crippen molar-refractivity contribution in [3.63, 3.8) is 0 Å². The Balaban J connectivity index is 1.55. The summed E-state index contributed by atoms with van der Waals surface area (Å²) in [5, 5.41) is 2.85. The van der Waals surface area contributed by atoms with E-state index >= 15 is 0 Å². The molecule has 1 N–H and O–H groups in total. The summed E-state index contributed by atoms with van der Waals surface area (Å²) in [4.78, 5) is 26.2. The molecule has 1 atom stereocenters. The summed E-state index contributed by atoms with van der Waals surface area (Å²) >= 11 is 0. The first-order valence-corrected chi connectivity index (χ1v) is 8.60. The van der Waals surface area contributed by atoms with Crippen molar-refractivity contribution in [2.75, 3.05) is 32.3 Å². The molecule has 1 heterocycles. The van der Waals surface area contributed by atoms with Crippen LogP contribution in [0, 0.1) is 0 Å². The Morgan fingerprint density at radius 2 is 1.89 bits per heavy atom. The molecule has 1 saturated heterocycles. The van der Waals surface area contributed by atoms with Gasteiger partial charge in [0.1, 0.15) is 5.75 Å². The van der Waals surface area contributed by atoms with Gasteiger partial charge in [-0.1, -0.05) is 18.2 Å². The number of benzene rings is 2. The van der Waals surface area contributed by atoms with Gasteiger partial charge < -0.3 is 24.4 Å². The summed E-state index contributed by atoms with van der Waals surface area (Å²) in [5.74, 6) is 1.41. The average molecular weight is 370 g/mol. The minimum absolute atomic E-state index is 0.0424.